The largest absolute Gasteiger partial charge is 0.470 e. The summed E-state index contributed by atoms with van der Waals surface area (Å²) in [4.78, 5) is 0. The first-order valence-electron chi connectivity index (χ1n) is 9.31. The van der Waals surface area contributed by atoms with E-state index in [4.69, 9.17) is 4.74 Å². The molecule has 0 aliphatic heterocycles. The lowest BCUT2D eigenvalue weighted by Gasteiger charge is -2.27. The highest BCUT2D eigenvalue weighted by molar-refractivity contribution is 5.60. The molecule has 0 bridgehead atoms. The average Bonchev–Trinajstić information content (AvgIpc) is 3.24. The summed E-state index contributed by atoms with van der Waals surface area (Å²) in [5, 5.41) is 17.2. The van der Waals surface area contributed by atoms with Gasteiger partial charge in [-0.15, -0.1) is 15.3 Å². The second-order valence-electron chi connectivity index (χ2n) is 7.04. The molecule has 7 nitrogen and oxygen atoms in total. The zero-order valence-electron chi connectivity index (χ0n) is 15.4. The molecule has 1 aromatic carbocycles. The molecule has 0 N–H and O–H groups in total. The van der Waals surface area contributed by atoms with Gasteiger partial charge >= 0.3 is 0 Å². The summed E-state index contributed by atoms with van der Waals surface area (Å²) >= 11 is 0. The van der Waals surface area contributed by atoms with Gasteiger partial charge in [-0.1, -0.05) is 18.6 Å². The van der Waals surface area contributed by atoms with Crippen LogP contribution in [0.2, 0.25) is 0 Å². The summed E-state index contributed by atoms with van der Waals surface area (Å²) in [7, 11) is 1.87. The third kappa shape index (κ3) is 2.81. The number of rotatable bonds is 5. The van der Waals surface area contributed by atoms with Crippen LogP contribution >= 0.6 is 0 Å². The molecular weight excluding hydrogens is 359 g/mol. The van der Waals surface area contributed by atoms with E-state index in [2.05, 4.69) is 20.4 Å². The van der Waals surface area contributed by atoms with Crippen LogP contribution in [0, 0.1) is 5.82 Å². The van der Waals surface area contributed by atoms with E-state index in [-0.39, 0.29) is 5.82 Å². The molecule has 8 heteroatoms. The summed E-state index contributed by atoms with van der Waals surface area (Å²) in [6, 6.07) is 10.4. The van der Waals surface area contributed by atoms with Crippen molar-refractivity contribution in [3.8, 4) is 17.3 Å². The Morgan fingerprint density at radius 2 is 2.04 bits per heavy atom. The summed E-state index contributed by atoms with van der Waals surface area (Å²) in [6.45, 7) is 0.353. The Hall–Kier alpha value is -3.29. The van der Waals surface area contributed by atoms with Crippen molar-refractivity contribution < 1.29 is 9.13 Å². The maximum atomic E-state index is 14.3. The first kappa shape index (κ1) is 16.9. The second-order valence-corrected chi connectivity index (χ2v) is 7.04. The summed E-state index contributed by atoms with van der Waals surface area (Å²) in [5.74, 6) is 0.945. The molecule has 1 aliphatic rings. The van der Waals surface area contributed by atoms with Crippen LogP contribution < -0.4 is 4.74 Å². The minimum Gasteiger partial charge on any atom is -0.470 e. The van der Waals surface area contributed by atoms with Crippen molar-refractivity contribution in [2.75, 3.05) is 0 Å². The van der Waals surface area contributed by atoms with E-state index in [0.29, 0.717) is 35.4 Å². The second kappa shape index (κ2) is 6.70. The van der Waals surface area contributed by atoms with Crippen LogP contribution in [0.4, 0.5) is 4.39 Å². The first-order chi connectivity index (χ1) is 13.7. The van der Waals surface area contributed by atoms with Gasteiger partial charge in [0.2, 0.25) is 5.88 Å². The standard InChI is InChI=1S/C20H19FN6O/c1-26-14(9-10-22-26)12-28-20-16(13-5-4-6-13)11-18-23-24-19(27(18)25-20)15-7-2-3-8-17(15)21/h2-3,7-11,13H,4-6,12H2,1H3. The maximum absolute atomic E-state index is 14.3. The summed E-state index contributed by atoms with van der Waals surface area (Å²) in [6.07, 6.45) is 5.14. The van der Waals surface area contributed by atoms with Gasteiger partial charge in [-0.2, -0.15) is 9.61 Å². The molecule has 5 rings (SSSR count). The van der Waals surface area contributed by atoms with E-state index in [9.17, 15) is 4.39 Å². The van der Waals surface area contributed by atoms with E-state index < -0.39 is 0 Å². The van der Waals surface area contributed by atoms with E-state index >= 15 is 0 Å². The minimum absolute atomic E-state index is 0.353. The maximum Gasteiger partial charge on any atom is 0.235 e. The van der Waals surface area contributed by atoms with Crippen LogP contribution in [0.1, 0.15) is 36.4 Å². The Kier molecular flexibility index (Phi) is 4.03. The van der Waals surface area contributed by atoms with Crippen LogP contribution in [0.3, 0.4) is 0 Å². The van der Waals surface area contributed by atoms with Crippen LogP contribution in [-0.4, -0.2) is 29.6 Å². The predicted octanol–water partition coefficient (Wildman–Crippen LogP) is 3.51. The highest BCUT2D eigenvalue weighted by atomic mass is 19.1. The van der Waals surface area contributed by atoms with Crippen LogP contribution in [-0.2, 0) is 13.7 Å². The van der Waals surface area contributed by atoms with Gasteiger partial charge in [0.25, 0.3) is 0 Å². The monoisotopic (exact) mass is 378 g/mol. The van der Waals surface area contributed by atoms with Crippen molar-refractivity contribution in [3.05, 3.63) is 59.7 Å². The highest BCUT2D eigenvalue weighted by Gasteiger charge is 2.26. The molecule has 28 heavy (non-hydrogen) atoms. The number of nitrogens with zero attached hydrogens (tertiary/aromatic N) is 6. The van der Waals surface area contributed by atoms with Gasteiger partial charge in [0.15, 0.2) is 11.5 Å². The van der Waals surface area contributed by atoms with E-state index in [1.54, 1.807) is 33.6 Å². The Morgan fingerprint density at radius 3 is 2.75 bits per heavy atom. The van der Waals surface area contributed by atoms with Crippen molar-refractivity contribution in [1.82, 2.24) is 29.6 Å². The number of halogens is 1. The molecule has 1 fully saturated rings. The number of fused-ring (bicyclic) bond motifs is 1. The Bertz CT molecular complexity index is 1150. The normalized spacial score (nSPS) is 14.4. The Balaban J connectivity index is 1.58. The molecule has 142 valence electrons. The van der Waals surface area contributed by atoms with Gasteiger partial charge in [-0.25, -0.2) is 4.39 Å². The van der Waals surface area contributed by atoms with Gasteiger partial charge in [-0.05, 0) is 43.0 Å². The molecule has 0 amide bonds. The van der Waals surface area contributed by atoms with Crippen molar-refractivity contribution in [3.63, 3.8) is 0 Å². The summed E-state index contributed by atoms with van der Waals surface area (Å²) in [5.41, 5.74) is 2.93. The number of aryl methyl sites for hydroxylation is 1. The number of hydrogen-bond acceptors (Lipinski definition) is 5. The van der Waals surface area contributed by atoms with E-state index in [0.717, 1.165) is 24.1 Å². The molecule has 3 heterocycles. The average molecular weight is 378 g/mol. The van der Waals surface area contributed by atoms with Crippen LogP contribution in [0.5, 0.6) is 5.88 Å². The van der Waals surface area contributed by atoms with Crippen molar-refractivity contribution in [1.29, 1.82) is 0 Å². The fraction of sp³-hybridized carbons (Fsp3) is 0.300. The number of ether oxygens (including phenoxy) is 1. The van der Waals surface area contributed by atoms with Crippen molar-refractivity contribution in [2.24, 2.45) is 7.05 Å². The third-order valence-electron chi connectivity index (χ3n) is 5.33. The van der Waals surface area contributed by atoms with Gasteiger partial charge < -0.3 is 4.74 Å². The molecule has 0 radical (unpaired) electrons. The van der Waals surface area contributed by atoms with E-state index in [1.807, 2.05) is 19.2 Å². The van der Waals surface area contributed by atoms with Crippen LogP contribution in [0.15, 0.2) is 42.6 Å². The lowest BCUT2D eigenvalue weighted by Crippen LogP contribution is -2.14. The van der Waals surface area contributed by atoms with Crippen LogP contribution in [0.25, 0.3) is 17.0 Å². The zero-order chi connectivity index (χ0) is 19.1. The molecule has 0 atom stereocenters. The summed E-state index contributed by atoms with van der Waals surface area (Å²) < 4.78 is 23.7. The first-order valence-corrected chi connectivity index (χ1v) is 9.31. The number of hydrogen-bond donors (Lipinski definition) is 0. The predicted molar refractivity (Wildman–Crippen MR) is 100 cm³/mol. The topological polar surface area (TPSA) is 70.1 Å². The molecule has 0 spiro atoms. The van der Waals surface area contributed by atoms with Crippen molar-refractivity contribution in [2.45, 2.75) is 31.8 Å². The zero-order valence-corrected chi connectivity index (χ0v) is 15.4. The van der Waals surface area contributed by atoms with Gasteiger partial charge in [0.1, 0.15) is 12.4 Å². The fourth-order valence-corrected chi connectivity index (χ4v) is 3.45. The Morgan fingerprint density at radius 1 is 1.18 bits per heavy atom. The fourth-order valence-electron chi connectivity index (χ4n) is 3.45. The molecule has 1 aliphatic carbocycles. The molecule has 1 saturated carbocycles. The quantitative estimate of drug-likeness (QED) is 0.531. The smallest absolute Gasteiger partial charge is 0.235 e. The lowest BCUT2D eigenvalue weighted by molar-refractivity contribution is 0.268. The van der Waals surface area contributed by atoms with Gasteiger partial charge in [-0.3, -0.25) is 4.68 Å². The van der Waals surface area contributed by atoms with Gasteiger partial charge in [0, 0.05) is 18.8 Å². The minimum atomic E-state index is -0.362. The van der Waals surface area contributed by atoms with Gasteiger partial charge in [0.05, 0.1) is 11.3 Å². The number of aromatic nitrogens is 6. The molecular formula is C20H19FN6O. The third-order valence-corrected chi connectivity index (χ3v) is 5.33. The SMILES string of the molecule is Cn1nccc1COc1nn2c(-c3ccccc3F)nnc2cc1C1CCC1. The molecule has 0 unspecified atom stereocenters. The van der Waals surface area contributed by atoms with Crippen molar-refractivity contribution >= 4 is 5.65 Å². The Labute approximate surface area is 160 Å². The van der Waals surface area contributed by atoms with E-state index in [1.165, 1.54) is 12.5 Å². The highest BCUT2D eigenvalue weighted by Crippen LogP contribution is 2.40. The molecule has 0 saturated heterocycles. The number of benzene rings is 1. The molecule has 3 aromatic heterocycles. The molecule has 4 aromatic rings. The lowest BCUT2D eigenvalue weighted by atomic mass is 9.80.